The molecule has 1 N–H and O–H groups in total. The monoisotopic (exact) mass is 369 g/mol. The summed E-state index contributed by atoms with van der Waals surface area (Å²) in [6.45, 7) is 0.711. The van der Waals surface area contributed by atoms with Gasteiger partial charge in [-0.05, 0) is 35.9 Å². The highest BCUT2D eigenvalue weighted by Crippen LogP contribution is 2.24. The van der Waals surface area contributed by atoms with Gasteiger partial charge in [0.25, 0.3) is 0 Å². The number of hydrogen-bond donors (Lipinski definition) is 1. The van der Waals surface area contributed by atoms with E-state index in [-0.39, 0.29) is 11.8 Å². The summed E-state index contributed by atoms with van der Waals surface area (Å²) in [5, 5.41) is 3.57. The fourth-order valence-corrected chi connectivity index (χ4v) is 2.91. The number of anilines is 1. The molecule has 3 aromatic rings. The number of pyridine rings is 1. The van der Waals surface area contributed by atoms with E-state index >= 15 is 0 Å². The number of carbonyl (C=O) groups is 1. The van der Waals surface area contributed by atoms with E-state index in [0.29, 0.717) is 29.6 Å². The molecule has 0 bridgehead atoms. The zero-order chi connectivity index (χ0) is 18.4. The van der Waals surface area contributed by atoms with Crippen LogP contribution in [0.1, 0.15) is 17.9 Å². The molecule has 3 rings (SSSR count). The molecule has 2 heterocycles. The molecule has 1 atom stereocenters. The first-order valence-corrected chi connectivity index (χ1v) is 8.68. The molecule has 0 aliphatic heterocycles. The number of nitrogens with zero attached hydrogens (tertiary/aromatic N) is 2. The third-order valence-corrected chi connectivity index (χ3v) is 4.35. The van der Waals surface area contributed by atoms with Crippen LogP contribution in [0.3, 0.4) is 0 Å². The van der Waals surface area contributed by atoms with Crippen molar-refractivity contribution in [2.45, 2.75) is 18.9 Å². The minimum Gasteiger partial charge on any atom is -0.481 e. The predicted octanol–water partition coefficient (Wildman–Crippen LogP) is 4.36. The average Bonchev–Trinajstić information content (AvgIpc) is 3.15. The Morgan fingerprint density at radius 1 is 1.19 bits per heavy atom. The normalized spacial score (nSPS) is 11.8. The van der Waals surface area contributed by atoms with Gasteiger partial charge >= 0.3 is 0 Å². The van der Waals surface area contributed by atoms with Crippen LogP contribution in [0.5, 0.6) is 5.88 Å². The Kier molecular flexibility index (Phi) is 5.92. The van der Waals surface area contributed by atoms with Crippen LogP contribution in [0.15, 0.2) is 67.1 Å². The fraction of sp³-hybridized carbons (Fsp3) is 0.200. The maximum Gasteiger partial charge on any atom is 0.225 e. The molecule has 5 nitrogen and oxygen atoms in total. The lowest BCUT2D eigenvalue weighted by atomic mass is 9.95. The molecule has 0 saturated carbocycles. The van der Waals surface area contributed by atoms with Gasteiger partial charge in [-0.2, -0.15) is 0 Å². The Morgan fingerprint density at radius 3 is 2.54 bits per heavy atom. The SMILES string of the molecule is COc1ccc(NC(=O)C[C@@H](Cn2cccc2)c2ccc(Cl)cc2)cn1. The zero-order valence-corrected chi connectivity index (χ0v) is 15.2. The standard InChI is InChI=1S/C20H20ClN3O2/c1-26-20-9-8-18(13-22-20)23-19(25)12-16(14-24-10-2-3-11-24)15-4-6-17(21)7-5-15/h2-11,13,16H,12,14H2,1H3,(H,23,25)/t16-/m0/s1. The van der Waals surface area contributed by atoms with Crippen LogP contribution in [-0.4, -0.2) is 22.6 Å². The Morgan fingerprint density at radius 2 is 1.92 bits per heavy atom. The van der Waals surface area contributed by atoms with Gasteiger partial charge in [-0.15, -0.1) is 0 Å². The minimum absolute atomic E-state index is 0.0332. The van der Waals surface area contributed by atoms with Gasteiger partial charge in [-0.1, -0.05) is 23.7 Å². The van der Waals surface area contributed by atoms with E-state index in [1.165, 1.54) is 0 Å². The summed E-state index contributed by atoms with van der Waals surface area (Å²) in [7, 11) is 1.55. The maximum absolute atomic E-state index is 12.5. The topological polar surface area (TPSA) is 56.1 Å². The van der Waals surface area contributed by atoms with E-state index in [1.807, 2.05) is 48.8 Å². The lowest BCUT2D eigenvalue weighted by molar-refractivity contribution is -0.116. The Hall–Kier alpha value is -2.79. The third-order valence-electron chi connectivity index (χ3n) is 4.10. The van der Waals surface area contributed by atoms with Crippen LogP contribution in [0.2, 0.25) is 5.02 Å². The highest BCUT2D eigenvalue weighted by atomic mass is 35.5. The van der Waals surface area contributed by atoms with Crippen molar-refractivity contribution in [3.8, 4) is 5.88 Å². The molecule has 0 fully saturated rings. The van der Waals surface area contributed by atoms with E-state index in [2.05, 4.69) is 14.9 Å². The van der Waals surface area contributed by atoms with Crippen molar-refractivity contribution in [3.05, 3.63) is 77.7 Å². The lowest BCUT2D eigenvalue weighted by Gasteiger charge is -2.18. The molecule has 134 valence electrons. The number of aromatic nitrogens is 2. The van der Waals surface area contributed by atoms with Crippen LogP contribution in [0, 0.1) is 0 Å². The molecule has 0 aliphatic rings. The molecule has 0 spiro atoms. The van der Waals surface area contributed by atoms with Gasteiger partial charge in [-0.25, -0.2) is 4.98 Å². The molecule has 0 aliphatic carbocycles. The molecular weight excluding hydrogens is 350 g/mol. The van der Waals surface area contributed by atoms with Crippen molar-refractivity contribution in [1.29, 1.82) is 0 Å². The molecule has 0 unspecified atom stereocenters. The first kappa shape index (κ1) is 18.0. The van der Waals surface area contributed by atoms with Gasteiger partial charge in [-0.3, -0.25) is 4.79 Å². The van der Waals surface area contributed by atoms with Gasteiger partial charge in [0.05, 0.1) is 19.0 Å². The highest BCUT2D eigenvalue weighted by molar-refractivity contribution is 6.30. The number of benzene rings is 1. The summed E-state index contributed by atoms with van der Waals surface area (Å²) in [6, 6.07) is 15.1. The first-order valence-electron chi connectivity index (χ1n) is 8.30. The van der Waals surface area contributed by atoms with Crippen LogP contribution in [0.25, 0.3) is 0 Å². The zero-order valence-electron chi connectivity index (χ0n) is 14.4. The van der Waals surface area contributed by atoms with Crippen molar-refractivity contribution in [2.75, 3.05) is 12.4 Å². The molecule has 6 heteroatoms. The Labute approximate surface area is 157 Å². The van der Waals surface area contributed by atoms with Crippen LogP contribution >= 0.6 is 11.6 Å². The first-order chi connectivity index (χ1) is 12.6. The highest BCUT2D eigenvalue weighted by Gasteiger charge is 2.17. The molecule has 0 saturated heterocycles. The summed E-state index contributed by atoms with van der Waals surface area (Å²) in [6.07, 6.45) is 5.92. The number of amides is 1. The van der Waals surface area contributed by atoms with E-state index in [1.54, 1.807) is 25.4 Å². The van der Waals surface area contributed by atoms with E-state index in [4.69, 9.17) is 16.3 Å². The summed E-state index contributed by atoms with van der Waals surface area (Å²) in [4.78, 5) is 16.6. The number of halogens is 1. The van der Waals surface area contributed by atoms with Crippen molar-refractivity contribution in [1.82, 2.24) is 9.55 Å². The average molecular weight is 370 g/mol. The Balaban J connectivity index is 1.71. The van der Waals surface area contributed by atoms with Gasteiger partial charge < -0.3 is 14.6 Å². The summed E-state index contributed by atoms with van der Waals surface area (Å²) >= 11 is 6.00. The molecule has 0 radical (unpaired) electrons. The van der Waals surface area contributed by atoms with Crippen molar-refractivity contribution < 1.29 is 9.53 Å². The largest absolute Gasteiger partial charge is 0.481 e. The summed E-state index contributed by atoms with van der Waals surface area (Å²) in [5.74, 6) is 0.476. The van der Waals surface area contributed by atoms with E-state index in [9.17, 15) is 4.79 Å². The quantitative estimate of drug-likeness (QED) is 0.673. The van der Waals surface area contributed by atoms with Gasteiger partial charge in [0.15, 0.2) is 0 Å². The summed E-state index contributed by atoms with van der Waals surface area (Å²) in [5.41, 5.74) is 1.72. The predicted molar refractivity (Wildman–Crippen MR) is 103 cm³/mol. The van der Waals surface area contributed by atoms with Crippen LogP contribution < -0.4 is 10.1 Å². The number of methoxy groups -OCH3 is 1. The second-order valence-corrected chi connectivity index (χ2v) is 6.41. The molecule has 2 aromatic heterocycles. The van der Waals surface area contributed by atoms with Gasteiger partial charge in [0.1, 0.15) is 0 Å². The van der Waals surface area contributed by atoms with E-state index < -0.39 is 0 Å². The van der Waals surface area contributed by atoms with Crippen LogP contribution in [0.4, 0.5) is 5.69 Å². The fourth-order valence-electron chi connectivity index (χ4n) is 2.78. The third kappa shape index (κ3) is 4.86. The van der Waals surface area contributed by atoms with Crippen molar-refractivity contribution in [3.63, 3.8) is 0 Å². The van der Waals surface area contributed by atoms with Gasteiger partial charge in [0.2, 0.25) is 11.8 Å². The maximum atomic E-state index is 12.5. The summed E-state index contributed by atoms with van der Waals surface area (Å²) < 4.78 is 7.10. The minimum atomic E-state index is -0.0657. The molecule has 1 aromatic carbocycles. The number of ether oxygens (including phenoxy) is 1. The number of nitrogens with one attached hydrogen (secondary N) is 1. The van der Waals surface area contributed by atoms with E-state index in [0.717, 1.165) is 5.56 Å². The second-order valence-electron chi connectivity index (χ2n) is 5.97. The van der Waals surface area contributed by atoms with Crippen LogP contribution in [-0.2, 0) is 11.3 Å². The second kappa shape index (κ2) is 8.54. The Bertz CT molecular complexity index is 831. The molecule has 26 heavy (non-hydrogen) atoms. The van der Waals surface area contributed by atoms with Gasteiger partial charge in [0, 0.05) is 42.4 Å². The number of carbonyl (C=O) groups excluding carboxylic acids is 1. The number of hydrogen-bond acceptors (Lipinski definition) is 3. The van der Waals surface area contributed by atoms with Crippen molar-refractivity contribution in [2.24, 2.45) is 0 Å². The smallest absolute Gasteiger partial charge is 0.225 e. The molecule has 1 amide bonds. The number of rotatable bonds is 7. The molecular formula is C20H20ClN3O2. The van der Waals surface area contributed by atoms with Crippen molar-refractivity contribution >= 4 is 23.2 Å². The lowest BCUT2D eigenvalue weighted by Crippen LogP contribution is -2.18.